The molecule has 15 nitrogen and oxygen atoms in total. The molecule has 2 aliphatic rings. The predicted octanol–water partition coefficient (Wildman–Crippen LogP) is -1.39. The van der Waals surface area contributed by atoms with E-state index >= 15 is 0 Å². The van der Waals surface area contributed by atoms with Gasteiger partial charge in [-0.1, -0.05) is 0 Å². The highest BCUT2D eigenvalue weighted by atomic mass is 16.7. The van der Waals surface area contributed by atoms with Gasteiger partial charge in [0.15, 0.2) is 12.1 Å². The molecular formula is C27H30O15. The number of aromatic hydroxyl groups is 3. The molecule has 1 aromatic heterocycles. The molecule has 5 rings (SSSR count). The Bertz CT molecular complexity index is 1470. The molecule has 0 unspecified atom stereocenters. The monoisotopic (exact) mass is 594 g/mol. The van der Waals surface area contributed by atoms with Crippen LogP contribution < -0.4 is 10.2 Å². The normalized spacial score (nSPS) is 33.5. The van der Waals surface area contributed by atoms with E-state index in [0.717, 1.165) is 12.1 Å². The van der Waals surface area contributed by atoms with Crippen LogP contribution in [0.4, 0.5) is 0 Å². The second-order valence-corrected chi connectivity index (χ2v) is 10.1. The van der Waals surface area contributed by atoms with Crippen molar-refractivity contribution in [2.45, 2.75) is 68.3 Å². The van der Waals surface area contributed by atoms with Gasteiger partial charge in [0, 0.05) is 17.7 Å². The van der Waals surface area contributed by atoms with E-state index in [-0.39, 0.29) is 28.0 Å². The second-order valence-electron chi connectivity index (χ2n) is 10.1. The first kappa shape index (κ1) is 30.0. The number of hydrogen-bond donors (Lipinski definition) is 9. The van der Waals surface area contributed by atoms with E-state index in [1.165, 1.54) is 31.2 Å². The van der Waals surface area contributed by atoms with Gasteiger partial charge in [-0.3, -0.25) is 4.79 Å². The van der Waals surface area contributed by atoms with E-state index in [9.17, 15) is 50.8 Å². The van der Waals surface area contributed by atoms with E-state index in [1.807, 2.05) is 0 Å². The molecule has 2 saturated heterocycles. The zero-order valence-electron chi connectivity index (χ0n) is 21.9. The third-order valence-electron chi connectivity index (χ3n) is 7.18. The molecule has 2 aromatic carbocycles. The van der Waals surface area contributed by atoms with Crippen LogP contribution in [0.3, 0.4) is 0 Å². The van der Waals surface area contributed by atoms with Gasteiger partial charge < -0.3 is 69.3 Å². The molecule has 9 N–H and O–H groups in total. The summed E-state index contributed by atoms with van der Waals surface area (Å²) in [6, 6.07) is 7.33. The maximum Gasteiger partial charge on any atom is 0.239 e. The molecule has 0 amide bonds. The number of ether oxygens (including phenoxy) is 4. The van der Waals surface area contributed by atoms with Crippen molar-refractivity contribution < 1.29 is 69.3 Å². The number of benzene rings is 2. The average molecular weight is 595 g/mol. The lowest BCUT2D eigenvalue weighted by atomic mass is 9.98. The lowest BCUT2D eigenvalue weighted by Gasteiger charge is -2.42. The van der Waals surface area contributed by atoms with E-state index in [1.54, 1.807) is 0 Å². The molecule has 0 saturated carbocycles. The Kier molecular flexibility index (Phi) is 8.30. The third-order valence-corrected chi connectivity index (χ3v) is 7.18. The van der Waals surface area contributed by atoms with Gasteiger partial charge in [-0.15, -0.1) is 0 Å². The molecule has 0 radical (unpaired) electrons. The molecule has 2 aliphatic heterocycles. The van der Waals surface area contributed by atoms with Gasteiger partial charge >= 0.3 is 0 Å². The molecule has 3 aromatic rings. The zero-order valence-corrected chi connectivity index (χ0v) is 21.9. The predicted molar refractivity (Wildman–Crippen MR) is 139 cm³/mol. The van der Waals surface area contributed by atoms with E-state index in [0.29, 0.717) is 0 Å². The molecule has 3 heterocycles. The Morgan fingerprint density at radius 3 is 2.10 bits per heavy atom. The summed E-state index contributed by atoms with van der Waals surface area (Å²) in [5.41, 5.74) is -0.956. The summed E-state index contributed by atoms with van der Waals surface area (Å²) in [6.45, 7) is 0.866. The molecule has 10 atom stereocenters. The van der Waals surface area contributed by atoms with Crippen LogP contribution >= 0.6 is 0 Å². The second kappa shape index (κ2) is 11.6. The minimum atomic E-state index is -1.92. The first-order valence-electron chi connectivity index (χ1n) is 12.9. The smallest absolute Gasteiger partial charge is 0.239 e. The van der Waals surface area contributed by atoms with Crippen LogP contribution in [-0.2, 0) is 14.2 Å². The summed E-state index contributed by atoms with van der Waals surface area (Å²) in [6.07, 6.45) is -15.8. The first-order valence-corrected chi connectivity index (χ1v) is 12.9. The maximum atomic E-state index is 13.5. The fourth-order valence-electron chi connectivity index (χ4n) is 4.79. The number of hydrogen-bond acceptors (Lipinski definition) is 15. The first-order chi connectivity index (χ1) is 19.9. The van der Waals surface area contributed by atoms with Gasteiger partial charge in [-0.25, -0.2) is 0 Å². The zero-order chi connectivity index (χ0) is 30.5. The van der Waals surface area contributed by atoms with Crippen LogP contribution in [0.2, 0.25) is 0 Å². The number of fused-ring (bicyclic) bond motifs is 1. The lowest BCUT2D eigenvalue weighted by Crippen LogP contribution is -2.61. The van der Waals surface area contributed by atoms with Gasteiger partial charge in [-0.05, 0) is 31.2 Å². The Morgan fingerprint density at radius 2 is 1.40 bits per heavy atom. The average Bonchev–Trinajstić information content (AvgIpc) is 2.95. The molecule has 0 spiro atoms. The van der Waals surface area contributed by atoms with Crippen LogP contribution in [0.25, 0.3) is 22.3 Å². The highest BCUT2D eigenvalue weighted by molar-refractivity contribution is 5.88. The van der Waals surface area contributed by atoms with Gasteiger partial charge in [0.1, 0.15) is 70.9 Å². The Morgan fingerprint density at radius 1 is 0.762 bits per heavy atom. The summed E-state index contributed by atoms with van der Waals surface area (Å²) in [5.74, 6) is -1.97. The molecule has 228 valence electrons. The standard InChI is InChI=1S/C27H30O15/c1-9-17(31)20(34)22(36)26(39-9)38-8-15-18(32)21(35)23(37)27(41-15)42-25-19(33)16-13(30)6-12(29)7-14(16)40-24(25)10-2-4-11(28)5-3-10/h2-7,9,15,17-18,20-23,26-32,34-37H,8H2,1H3/t9-,15+,17+,18-,20-,21+,22-,23-,26-,27+/m1/s1. The molecule has 0 aliphatic carbocycles. The third kappa shape index (κ3) is 5.49. The van der Waals surface area contributed by atoms with Crippen molar-refractivity contribution in [3.63, 3.8) is 0 Å². The van der Waals surface area contributed by atoms with Crippen LogP contribution in [-0.4, -0.2) is 114 Å². The van der Waals surface area contributed by atoms with Crippen molar-refractivity contribution in [2.24, 2.45) is 0 Å². The topological polar surface area (TPSA) is 249 Å². The summed E-state index contributed by atoms with van der Waals surface area (Å²) >= 11 is 0. The van der Waals surface area contributed by atoms with Crippen molar-refractivity contribution in [3.8, 4) is 34.3 Å². The fourth-order valence-corrected chi connectivity index (χ4v) is 4.79. The van der Waals surface area contributed by atoms with Gasteiger partial charge in [0.2, 0.25) is 17.5 Å². The number of rotatable bonds is 6. The Labute approximate surface area is 236 Å². The molecule has 42 heavy (non-hydrogen) atoms. The Balaban J connectivity index is 1.46. The highest BCUT2D eigenvalue weighted by Crippen LogP contribution is 2.37. The minimum Gasteiger partial charge on any atom is -0.508 e. The molecule has 0 bridgehead atoms. The number of phenols is 3. The molecule has 2 fully saturated rings. The highest BCUT2D eigenvalue weighted by Gasteiger charge is 2.47. The fraction of sp³-hybridized carbons (Fsp3) is 0.444. The van der Waals surface area contributed by atoms with Crippen LogP contribution in [0, 0.1) is 0 Å². The largest absolute Gasteiger partial charge is 0.508 e. The SMILES string of the molecule is C[C@H]1O[C@@H](OC[C@@H]2O[C@@H](Oc3c(-c4ccc(O)cc4)oc4cc(O)cc(O)c4c3=O)[C@H](O)[C@@H](O)[C@@H]2O)[C@H](O)[C@H](O)[C@H]1O. The van der Waals surface area contributed by atoms with E-state index in [2.05, 4.69) is 0 Å². The van der Waals surface area contributed by atoms with Crippen molar-refractivity contribution in [3.05, 3.63) is 46.6 Å². The van der Waals surface area contributed by atoms with Crippen LogP contribution in [0.5, 0.6) is 23.0 Å². The summed E-state index contributed by atoms with van der Waals surface area (Å²) < 4.78 is 28.0. The maximum absolute atomic E-state index is 13.5. The summed E-state index contributed by atoms with van der Waals surface area (Å²) in [5, 5.41) is 91.4. The van der Waals surface area contributed by atoms with Gasteiger partial charge in [-0.2, -0.15) is 0 Å². The van der Waals surface area contributed by atoms with Crippen molar-refractivity contribution >= 4 is 11.0 Å². The van der Waals surface area contributed by atoms with Gasteiger partial charge in [0.25, 0.3) is 0 Å². The molecule has 15 heteroatoms. The van der Waals surface area contributed by atoms with Gasteiger partial charge in [0.05, 0.1) is 12.7 Å². The molecular weight excluding hydrogens is 564 g/mol. The number of aliphatic hydroxyl groups is 6. The summed E-state index contributed by atoms with van der Waals surface area (Å²) in [4.78, 5) is 13.5. The minimum absolute atomic E-state index is 0.103. The van der Waals surface area contributed by atoms with Crippen LogP contribution in [0.1, 0.15) is 6.92 Å². The van der Waals surface area contributed by atoms with Crippen LogP contribution in [0.15, 0.2) is 45.6 Å². The van der Waals surface area contributed by atoms with Crippen molar-refractivity contribution in [1.29, 1.82) is 0 Å². The summed E-state index contributed by atoms with van der Waals surface area (Å²) in [7, 11) is 0. The van der Waals surface area contributed by atoms with Crippen molar-refractivity contribution in [1.82, 2.24) is 0 Å². The van der Waals surface area contributed by atoms with E-state index < -0.39 is 90.7 Å². The Hall–Kier alpha value is -3.51. The quantitative estimate of drug-likeness (QED) is 0.159. The lowest BCUT2D eigenvalue weighted by molar-refractivity contribution is -0.318. The van der Waals surface area contributed by atoms with Crippen molar-refractivity contribution in [2.75, 3.05) is 6.61 Å². The number of aliphatic hydroxyl groups excluding tert-OH is 6. The van der Waals surface area contributed by atoms with E-state index in [4.69, 9.17) is 23.4 Å². The number of phenolic OH excluding ortho intramolecular Hbond substituents is 3.